The van der Waals surface area contributed by atoms with Crippen LogP contribution < -0.4 is 10.1 Å². The largest absolute Gasteiger partial charge is 0.573 e. The van der Waals surface area contributed by atoms with Crippen molar-refractivity contribution in [3.8, 4) is 16.9 Å². The highest BCUT2D eigenvalue weighted by Gasteiger charge is 2.31. The van der Waals surface area contributed by atoms with Gasteiger partial charge in [0.15, 0.2) is 0 Å². The van der Waals surface area contributed by atoms with Crippen LogP contribution in [0.1, 0.15) is 31.0 Å². The first-order valence-corrected chi connectivity index (χ1v) is 10.6. The summed E-state index contributed by atoms with van der Waals surface area (Å²) < 4.78 is 44.3. The monoisotopic (exact) mass is 438 g/mol. The molecule has 1 heterocycles. The zero-order valence-electron chi connectivity index (χ0n) is 18.0. The number of alkyl halides is 3. The van der Waals surface area contributed by atoms with E-state index in [1.165, 1.54) is 17.7 Å². The van der Waals surface area contributed by atoms with Crippen LogP contribution >= 0.6 is 0 Å². The predicted molar refractivity (Wildman–Crippen MR) is 121 cm³/mol. The van der Waals surface area contributed by atoms with Crippen molar-refractivity contribution in [1.82, 2.24) is 9.88 Å². The summed E-state index contributed by atoms with van der Waals surface area (Å²) in [6.07, 6.45) is -2.73. The number of nitrogens with zero attached hydrogens (tertiary/aromatic N) is 1. The molecule has 0 spiro atoms. The predicted octanol–water partition coefficient (Wildman–Crippen LogP) is 7.08. The highest BCUT2D eigenvalue weighted by molar-refractivity contribution is 5.96. The van der Waals surface area contributed by atoms with Gasteiger partial charge in [-0.15, -0.1) is 13.2 Å². The molecule has 0 saturated carbocycles. The highest BCUT2D eigenvalue weighted by Crippen LogP contribution is 2.34. The van der Waals surface area contributed by atoms with Gasteiger partial charge < -0.3 is 14.6 Å². The average molecular weight is 438 g/mol. The molecule has 0 radical (unpaired) electrons. The third-order valence-electron chi connectivity index (χ3n) is 5.58. The third-order valence-corrected chi connectivity index (χ3v) is 5.58. The summed E-state index contributed by atoms with van der Waals surface area (Å²) in [5, 5.41) is 4.55. The molecule has 1 unspecified atom stereocenters. The van der Waals surface area contributed by atoms with Crippen molar-refractivity contribution >= 4 is 10.9 Å². The molecule has 1 aromatic heterocycles. The van der Waals surface area contributed by atoms with Gasteiger partial charge in [-0.25, -0.2) is 0 Å². The first kappa shape index (κ1) is 22.0. The number of halogens is 3. The lowest BCUT2D eigenvalue weighted by Gasteiger charge is -2.14. The molecular formula is C26H25F3N2O. The van der Waals surface area contributed by atoms with Crippen molar-refractivity contribution in [2.24, 2.45) is 0 Å². The summed E-state index contributed by atoms with van der Waals surface area (Å²) in [7, 11) is 0. The van der Waals surface area contributed by atoms with Gasteiger partial charge >= 0.3 is 6.36 Å². The van der Waals surface area contributed by atoms with Crippen molar-refractivity contribution in [2.45, 2.75) is 39.3 Å². The number of benzene rings is 3. The Morgan fingerprint density at radius 2 is 1.75 bits per heavy atom. The second kappa shape index (κ2) is 9.09. The lowest BCUT2D eigenvalue weighted by atomic mass is 10.0. The Hall–Kier alpha value is -3.25. The second-order valence-corrected chi connectivity index (χ2v) is 7.77. The molecule has 0 bridgehead atoms. The van der Waals surface area contributed by atoms with E-state index >= 15 is 0 Å². The first-order valence-electron chi connectivity index (χ1n) is 10.6. The van der Waals surface area contributed by atoms with Gasteiger partial charge in [-0.2, -0.15) is 0 Å². The Bertz CT molecular complexity index is 1200. The SMILES string of the molecule is CCn1cc(-c2cccc(OC(F)(F)F)c2)c2cc(CNC(C)c3ccccc3)ccc21. The molecule has 0 aliphatic rings. The lowest BCUT2D eigenvalue weighted by Crippen LogP contribution is -2.17. The minimum atomic E-state index is -4.72. The minimum absolute atomic E-state index is 0.197. The Morgan fingerprint density at radius 3 is 2.47 bits per heavy atom. The number of aromatic nitrogens is 1. The zero-order chi connectivity index (χ0) is 22.7. The molecule has 3 aromatic carbocycles. The number of rotatable bonds is 7. The van der Waals surface area contributed by atoms with Crippen LogP contribution in [0.25, 0.3) is 22.0 Å². The van der Waals surface area contributed by atoms with Gasteiger partial charge in [-0.1, -0.05) is 48.5 Å². The summed E-state index contributed by atoms with van der Waals surface area (Å²) in [5.41, 5.74) is 4.94. The van der Waals surface area contributed by atoms with Gasteiger partial charge in [0.1, 0.15) is 5.75 Å². The number of aryl methyl sites for hydroxylation is 1. The molecule has 0 aliphatic heterocycles. The Morgan fingerprint density at radius 1 is 0.969 bits per heavy atom. The van der Waals surface area contributed by atoms with Crippen LogP contribution in [0.4, 0.5) is 13.2 Å². The van der Waals surface area contributed by atoms with Crippen LogP contribution in [0, 0.1) is 0 Å². The fourth-order valence-electron chi connectivity index (χ4n) is 3.94. The van der Waals surface area contributed by atoms with Crippen LogP contribution in [0.15, 0.2) is 79.0 Å². The third kappa shape index (κ3) is 4.97. The van der Waals surface area contributed by atoms with Crippen LogP contribution in [-0.2, 0) is 13.1 Å². The highest BCUT2D eigenvalue weighted by atomic mass is 19.4. The summed E-state index contributed by atoms with van der Waals surface area (Å²) in [4.78, 5) is 0. The van der Waals surface area contributed by atoms with Crippen LogP contribution in [0.5, 0.6) is 5.75 Å². The van der Waals surface area contributed by atoms with Gasteiger partial charge in [-0.05, 0) is 54.8 Å². The van der Waals surface area contributed by atoms with E-state index in [-0.39, 0.29) is 11.8 Å². The van der Waals surface area contributed by atoms with E-state index in [1.807, 2.05) is 31.3 Å². The molecule has 4 aromatic rings. The van der Waals surface area contributed by atoms with Gasteiger partial charge in [0.2, 0.25) is 0 Å². The number of fused-ring (bicyclic) bond motifs is 1. The molecule has 1 N–H and O–H groups in total. The van der Waals surface area contributed by atoms with Gasteiger partial charge in [0.05, 0.1) is 0 Å². The number of hydrogen-bond acceptors (Lipinski definition) is 2. The van der Waals surface area contributed by atoms with E-state index in [4.69, 9.17) is 0 Å². The molecular weight excluding hydrogens is 413 g/mol. The van der Waals surface area contributed by atoms with Crippen molar-refractivity contribution in [2.75, 3.05) is 0 Å². The molecule has 3 nitrogen and oxygen atoms in total. The van der Waals surface area contributed by atoms with Crippen LogP contribution in [0.2, 0.25) is 0 Å². The Kier molecular flexibility index (Phi) is 6.24. The maximum absolute atomic E-state index is 12.7. The van der Waals surface area contributed by atoms with E-state index in [2.05, 4.69) is 51.9 Å². The molecule has 0 amide bonds. The zero-order valence-corrected chi connectivity index (χ0v) is 18.0. The minimum Gasteiger partial charge on any atom is -0.406 e. The molecule has 1 atom stereocenters. The molecule has 32 heavy (non-hydrogen) atoms. The fraction of sp³-hybridized carbons (Fsp3) is 0.231. The number of hydrogen-bond donors (Lipinski definition) is 1. The first-order chi connectivity index (χ1) is 15.3. The Labute approximate surface area is 185 Å². The maximum Gasteiger partial charge on any atom is 0.573 e. The normalized spacial score (nSPS) is 12.8. The molecule has 0 fully saturated rings. The van der Waals surface area contributed by atoms with Gasteiger partial charge in [0.25, 0.3) is 0 Å². The van der Waals surface area contributed by atoms with Gasteiger partial charge in [-0.3, -0.25) is 0 Å². The molecule has 6 heteroatoms. The molecule has 4 rings (SSSR count). The lowest BCUT2D eigenvalue weighted by molar-refractivity contribution is -0.274. The fourth-order valence-corrected chi connectivity index (χ4v) is 3.94. The van der Waals surface area contributed by atoms with E-state index in [0.717, 1.165) is 28.6 Å². The second-order valence-electron chi connectivity index (χ2n) is 7.77. The van der Waals surface area contributed by atoms with Crippen molar-refractivity contribution < 1.29 is 17.9 Å². The van der Waals surface area contributed by atoms with E-state index in [9.17, 15) is 13.2 Å². The topological polar surface area (TPSA) is 26.2 Å². The van der Waals surface area contributed by atoms with E-state index in [1.54, 1.807) is 12.1 Å². The van der Waals surface area contributed by atoms with E-state index in [0.29, 0.717) is 12.1 Å². The van der Waals surface area contributed by atoms with Gasteiger partial charge in [0, 0.05) is 41.8 Å². The maximum atomic E-state index is 12.7. The van der Waals surface area contributed by atoms with E-state index < -0.39 is 6.36 Å². The smallest absolute Gasteiger partial charge is 0.406 e. The van der Waals surface area contributed by atoms with Crippen molar-refractivity contribution in [3.63, 3.8) is 0 Å². The summed E-state index contributed by atoms with van der Waals surface area (Å²) in [6, 6.07) is 22.8. The number of nitrogens with one attached hydrogen (secondary N) is 1. The standard InChI is InChI=1S/C26H25F3N2O/c1-3-31-17-24(21-10-7-11-22(15-21)32-26(27,28)29)23-14-19(12-13-25(23)31)16-30-18(2)20-8-5-4-6-9-20/h4-15,17-18,30H,3,16H2,1-2H3. The molecule has 0 saturated heterocycles. The molecule has 166 valence electrons. The van der Waals surface area contributed by atoms with Crippen LogP contribution in [0.3, 0.4) is 0 Å². The number of ether oxygens (including phenoxy) is 1. The summed E-state index contributed by atoms with van der Waals surface area (Å²) in [5.74, 6) is -0.220. The van der Waals surface area contributed by atoms with Crippen molar-refractivity contribution in [3.05, 3.63) is 90.1 Å². The quantitative estimate of drug-likeness (QED) is 0.334. The summed E-state index contributed by atoms with van der Waals surface area (Å²) >= 11 is 0. The summed E-state index contributed by atoms with van der Waals surface area (Å²) in [6.45, 7) is 5.61. The van der Waals surface area contributed by atoms with Crippen molar-refractivity contribution in [1.29, 1.82) is 0 Å². The average Bonchev–Trinajstić information content (AvgIpc) is 3.15. The Balaban J connectivity index is 1.64. The molecule has 0 aliphatic carbocycles. The van der Waals surface area contributed by atoms with Crippen LogP contribution in [-0.4, -0.2) is 10.9 Å².